The lowest BCUT2D eigenvalue weighted by molar-refractivity contribution is -0.123. The number of carboxylic acid groups (broad SMARTS) is 5. The van der Waals surface area contributed by atoms with Crippen LogP contribution in [0.15, 0.2) is 91.4 Å². The summed E-state index contributed by atoms with van der Waals surface area (Å²) >= 11 is 17.4. The van der Waals surface area contributed by atoms with Gasteiger partial charge < -0.3 is 57.4 Å². The number of hydrogen-bond acceptors (Lipinski definition) is 14. The Morgan fingerprint density at radius 2 is 0.644 bits per heavy atom. The van der Waals surface area contributed by atoms with E-state index in [2.05, 4.69) is 88.4 Å². The number of halogens is 6. The van der Waals surface area contributed by atoms with Crippen molar-refractivity contribution in [2.75, 3.05) is 35.6 Å². The number of benzene rings is 3. The Kier molecular flexibility index (Phi) is 39.1. The maximum Gasteiger partial charge on any atom is 0.290 e. The van der Waals surface area contributed by atoms with Crippen LogP contribution in [-0.2, 0) is 43.6 Å². The van der Waals surface area contributed by atoms with Gasteiger partial charge in [0.25, 0.3) is 32.4 Å². The van der Waals surface area contributed by atoms with Crippen LogP contribution in [-0.4, -0.2) is 92.5 Å². The quantitative estimate of drug-likeness (QED) is 0.0299. The highest BCUT2D eigenvalue weighted by Gasteiger charge is 2.20. The van der Waals surface area contributed by atoms with Crippen LogP contribution in [0, 0.1) is 35.2 Å². The van der Waals surface area contributed by atoms with Crippen molar-refractivity contribution >= 4 is 102 Å². The summed E-state index contributed by atoms with van der Waals surface area (Å²) in [5.41, 5.74) is 8.44. The SMILES string of the molecule is CC(C)c1cc(Nc2ccc(Cl)cc2F)ncc1CNCC1CCC1.CC(C)c1cc(Nc2ccc(Cl)cc2F)ncc1CNCC1CCC1.CC(C)c1cc(Nc2ccc(Cl)cc2F)ncc1CNCC1CCC1.O=CO.O=CO.O=CO.O=CO.O=CO. The second-order valence-electron chi connectivity index (χ2n) is 21.8. The van der Waals surface area contributed by atoms with Gasteiger partial charge in [-0.2, -0.15) is 0 Å². The van der Waals surface area contributed by atoms with E-state index in [1.807, 2.05) is 36.8 Å². The average molecular weight is 1320 g/mol. The standard InChI is InChI=1S/3C20H25ClFN3.5CH2O2/c3*1-13(2)17-9-20(25-19-7-6-16(21)8-18(19)22)24-12-15(17)11-23-10-14-4-3-5-14;5*2-1-3/h3*6-9,12-14,23H,3-5,10-11H2,1-2H3,(H,24,25);5*1H,(H,2,3). The highest BCUT2D eigenvalue weighted by Crippen LogP contribution is 2.32. The third kappa shape index (κ3) is 29.8. The fraction of sp³-hybridized carbons (Fsp3) is 0.415. The summed E-state index contributed by atoms with van der Waals surface area (Å²) in [5.74, 6) is 4.42. The molecule has 3 fully saturated rings. The molecular weight excluding hydrogens is 1230 g/mol. The lowest BCUT2D eigenvalue weighted by Gasteiger charge is -2.25. The normalized spacial score (nSPS) is 12.8. The molecule has 0 saturated heterocycles. The van der Waals surface area contributed by atoms with Gasteiger partial charge in [0.15, 0.2) is 0 Å². The zero-order valence-electron chi connectivity index (χ0n) is 51.5. The van der Waals surface area contributed by atoms with Crippen molar-refractivity contribution in [1.82, 2.24) is 30.9 Å². The van der Waals surface area contributed by atoms with Crippen molar-refractivity contribution in [2.45, 2.75) is 137 Å². The van der Waals surface area contributed by atoms with Gasteiger partial charge in [0.2, 0.25) is 0 Å². The van der Waals surface area contributed by atoms with E-state index in [4.69, 9.17) is 84.3 Å². The number of nitrogens with one attached hydrogen (secondary N) is 6. The van der Waals surface area contributed by atoms with Crippen molar-refractivity contribution in [3.63, 3.8) is 0 Å². The highest BCUT2D eigenvalue weighted by molar-refractivity contribution is 6.31. The molecule has 3 heterocycles. The maximum absolute atomic E-state index is 14.0. The van der Waals surface area contributed by atoms with Gasteiger partial charge in [-0.1, -0.05) is 95.6 Å². The highest BCUT2D eigenvalue weighted by atomic mass is 35.5. The Balaban J connectivity index is 0.000000413. The summed E-state index contributed by atoms with van der Waals surface area (Å²) in [6.45, 7) is 17.4. The molecular formula is C65H85Cl3F3N9O10. The zero-order chi connectivity index (χ0) is 67.0. The molecule has 6 aromatic rings. The minimum atomic E-state index is -0.383. The molecule has 0 atom stereocenters. The monoisotopic (exact) mass is 1310 g/mol. The molecule has 25 heteroatoms. The summed E-state index contributed by atoms with van der Waals surface area (Å²) in [6, 6.07) is 19.8. The van der Waals surface area contributed by atoms with Gasteiger partial charge >= 0.3 is 0 Å². The minimum absolute atomic E-state index is 0.250. The van der Waals surface area contributed by atoms with Gasteiger partial charge in [-0.25, -0.2) is 28.1 Å². The van der Waals surface area contributed by atoms with Crippen LogP contribution < -0.4 is 31.9 Å². The fourth-order valence-corrected chi connectivity index (χ4v) is 9.74. The topological polar surface area (TPSA) is 297 Å². The first-order valence-electron chi connectivity index (χ1n) is 29.3. The average Bonchev–Trinajstić information content (AvgIpc) is 1.03. The van der Waals surface area contributed by atoms with E-state index >= 15 is 0 Å². The van der Waals surface area contributed by atoms with Gasteiger partial charge in [-0.15, -0.1) is 0 Å². The van der Waals surface area contributed by atoms with Gasteiger partial charge in [-0.3, -0.25) is 24.0 Å². The van der Waals surface area contributed by atoms with Crippen LogP contribution in [0.5, 0.6) is 0 Å². The van der Waals surface area contributed by atoms with Crippen molar-refractivity contribution in [3.8, 4) is 0 Å². The lowest BCUT2D eigenvalue weighted by atomic mass is 9.85. The predicted octanol–water partition coefficient (Wildman–Crippen LogP) is 15.4. The molecule has 0 amide bonds. The summed E-state index contributed by atoms with van der Waals surface area (Å²) in [6.07, 6.45) is 17.8. The van der Waals surface area contributed by atoms with Crippen molar-refractivity contribution in [3.05, 3.63) is 157 Å². The second-order valence-corrected chi connectivity index (χ2v) is 23.1. The van der Waals surface area contributed by atoms with Crippen LogP contribution in [0.1, 0.15) is 150 Å². The molecule has 0 bridgehead atoms. The molecule has 3 aliphatic rings. The number of rotatable bonds is 21. The fourth-order valence-electron chi connectivity index (χ4n) is 9.27. The number of nitrogens with zero attached hydrogens (tertiary/aromatic N) is 3. The van der Waals surface area contributed by atoms with Crippen molar-refractivity contribution in [2.24, 2.45) is 17.8 Å². The minimum Gasteiger partial charge on any atom is -0.483 e. The lowest BCUT2D eigenvalue weighted by Crippen LogP contribution is -2.27. The Morgan fingerprint density at radius 3 is 0.822 bits per heavy atom. The zero-order valence-corrected chi connectivity index (χ0v) is 53.8. The molecule has 0 aliphatic heterocycles. The van der Waals surface area contributed by atoms with E-state index in [1.165, 1.54) is 109 Å². The van der Waals surface area contributed by atoms with Crippen LogP contribution in [0.25, 0.3) is 0 Å². The first kappa shape index (κ1) is 78.5. The van der Waals surface area contributed by atoms with E-state index < -0.39 is 0 Å². The molecule has 3 aliphatic carbocycles. The predicted molar refractivity (Wildman–Crippen MR) is 350 cm³/mol. The van der Waals surface area contributed by atoms with E-state index in [1.54, 1.807) is 36.4 Å². The number of carbonyl (C=O) groups is 5. The maximum atomic E-state index is 14.0. The molecule has 9 rings (SSSR count). The summed E-state index contributed by atoms with van der Waals surface area (Å²) < 4.78 is 41.9. The Bertz CT molecular complexity index is 2760. The van der Waals surface area contributed by atoms with E-state index in [0.717, 1.165) is 57.0 Å². The number of pyridine rings is 3. The Morgan fingerprint density at radius 1 is 0.422 bits per heavy atom. The molecule has 90 heavy (non-hydrogen) atoms. The van der Waals surface area contributed by atoms with Crippen LogP contribution in [0.2, 0.25) is 15.1 Å². The summed E-state index contributed by atoms with van der Waals surface area (Å²) in [5, 5.41) is 55.4. The molecule has 11 N–H and O–H groups in total. The molecule has 19 nitrogen and oxygen atoms in total. The molecule has 0 radical (unpaired) electrons. The third-order valence-electron chi connectivity index (χ3n) is 14.4. The van der Waals surface area contributed by atoms with E-state index in [0.29, 0.717) is 67.3 Å². The van der Waals surface area contributed by atoms with Gasteiger partial charge in [-0.05, 0) is 200 Å². The number of hydrogen-bond donors (Lipinski definition) is 11. The van der Waals surface area contributed by atoms with Gasteiger partial charge in [0.05, 0.1) is 17.1 Å². The molecule has 3 aromatic carbocycles. The van der Waals surface area contributed by atoms with Crippen molar-refractivity contribution in [1.29, 1.82) is 0 Å². The largest absolute Gasteiger partial charge is 0.483 e. The van der Waals surface area contributed by atoms with Gasteiger partial charge in [0, 0.05) is 53.3 Å². The number of anilines is 6. The first-order valence-corrected chi connectivity index (χ1v) is 30.4. The molecule has 3 saturated carbocycles. The van der Waals surface area contributed by atoms with Crippen LogP contribution >= 0.6 is 34.8 Å². The Hall–Kier alpha value is -7.60. The van der Waals surface area contributed by atoms with Crippen LogP contribution in [0.4, 0.5) is 47.7 Å². The smallest absolute Gasteiger partial charge is 0.290 e. The first-order chi connectivity index (χ1) is 43.1. The summed E-state index contributed by atoms with van der Waals surface area (Å²) in [4.78, 5) is 55.2. The van der Waals surface area contributed by atoms with E-state index in [-0.39, 0.29) is 49.8 Å². The summed E-state index contributed by atoms with van der Waals surface area (Å²) in [7, 11) is 0. The second kappa shape index (κ2) is 44.8. The molecule has 0 spiro atoms. The Labute approximate surface area is 540 Å². The molecule has 0 unspecified atom stereocenters. The molecule has 492 valence electrons. The van der Waals surface area contributed by atoms with E-state index in [9.17, 15) is 13.2 Å². The van der Waals surface area contributed by atoms with Gasteiger partial charge in [0.1, 0.15) is 34.9 Å². The van der Waals surface area contributed by atoms with Crippen molar-refractivity contribution < 1.29 is 62.7 Å². The third-order valence-corrected chi connectivity index (χ3v) is 15.1. The number of aromatic nitrogens is 3. The molecule has 3 aromatic heterocycles. The van der Waals surface area contributed by atoms with Crippen LogP contribution in [0.3, 0.4) is 0 Å².